The Hall–Kier alpha value is -1.30. The van der Waals surface area contributed by atoms with Crippen molar-refractivity contribution >= 4 is 12.0 Å². The van der Waals surface area contributed by atoms with E-state index >= 15 is 0 Å². The molecule has 0 aromatic rings. The zero-order valence-electron chi connectivity index (χ0n) is 12.3. The summed E-state index contributed by atoms with van der Waals surface area (Å²) in [4.78, 5) is 25.1. The first-order valence-corrected chi connectivity index (χ1v) is 7.94. The van der Waals surface area contributed by atoms with Crippen molar-refractivity contribution < 1.29 is 19.8 Å². The van der Waals surface area contributed by atoms with Gasteiger partial charge in [-0.05, 0) is 32.1 Å². The number of hydrogen-bond donors (Lipinski definition) is 3. The van der Waals surface area contributed by atoms with E-state index < -0.39 is 17.0 Å². The van der Waals surface area contributed by atoms with Gasteiger partial charge in [-0.25, -0.2) is 4.79 Å². The van der Waals surface area contributed by atoms with Crippen LogP contribution in [0.5, 0.6) is 0 Å². The third kappa shape index (κ3) is 2.73. The molecule has 0 aromatic carbocycles. The number of aliphatic hydroxyl groups is 1. The lowest BCUT2D eigenvalue weighted by Gasteiger charge is -2.47. The molecule has 0 aromatic heterocycles. The summed E-state index contributed by atoms with van der Waals surface area (Å²) < 4.78 is 0. The number of amides is 2. The fraction of sp³-hybridized carbons (Fsp3) is 0.867. The average molecular weight is 296 g/mol. The van der Waals surface area contributed by atoms with Crippen LogP contribution in [0.15, 0.2) is 0 Å². The molecule has 1 aliphatic heterocycles. The molecular formula is C15H24N2O4. The van der Waals surface area contributed by atoms with Gasteiger partial charge < -0.3 is 20.4 Å². The van der Waals surface area contributed by atoms with Gasteiger partial charge in [0.05, 0.1) is 11.0 Å². The number of aliphatic carboxylic acids is 1. The summed E-state index contributed by atoms with van der Waals surface area (Å²) in [5, 5.41) is 22.5. The maximum Gasteiger partial charge on any atom is 0.317 e. The van der Waals surface area contributed by atoms with Gasteiger partial charge in [-0.3, -0.25) is 4.79 Å². The Morgan fingerprint density at radius 3 is 2.62 bits per heavy atom. The van der Waals surface area contributed by atoms with Crippen LogP contribution in [0.25, 0.3) is 0 Å². The zero-order valence-corrected chi connectivity index (χ0v) is 12.3. The largest absolute Gasteiger partial charge is 0.481 e. The summed E-state index contributed by atoms with van der Waals surface area (Å²) >= 11 is 0. The van der Waals surface area contributed by atoms with Crippen LogP contribution < -0.4 is 5.32 Å². The Balaban J connectivity index is 1.53. The molecule has 1 saturated heterocycles. The Morgan fingerprint density at radius 1 is 1.19 bits per heavy atom. The highest BCUT2D eigenvalue weighted by Gasteiger charge is 2.51. The molecule has 2 unspecified atom stereocenters. The Morgan fingerprint density at radius 2 is 1.95 bits per heavy atom. The SMILES string of the molecule is O=C(NCC1(C(=O)O)CC1)N1CCC2(O)CCCCC2C1. The van der Waals surface area contributed by atoms with Crippen LogP contribution in [0, 0.1) is 11.3 Å². The Bertz CT molecular complexity index is 449. The predicted octanol–water partition coefficient (Wildman–Crippen LogP) is 1.19. The van der Waals surface area contributed by atoms with Crippen molar-refractivity contribution in [3.63, 3.8) is 0 Å². The van der Waals surface area contributed by atoms with Crippen molar-refractivity contribution in [2.75, 3.05) is 19.6 Å². The van der Waals surface area contributed by atoms with Crippen molar-refractivity contribution in [2.24, 2.45) is 11.3 Å². The Kier molecular flexibility index (Phi) is 3.59. The number of carboxylic acid groups (broad SMARTS) is 1. The van der Waals surface area contributed by atoms with E-state index in [9.17, 15) is 14.7 Å². The van der Waals surface area contributed by atoms with E-state index in [1.807, 2.05) is 0 Å². The predicted molar refractivity (Wildman–Crippen MR) is 75.8 cm³/mol. The molecule has 0 spiro atoms. The maximum atomic E-state index is 12.2. The number of rotatable bonds is 3. The van der Waals surface area contributed by atoms with Crippen molar-refractivity contribution in [3.8, 4) is 0 Å². The minimum absolute atomic E-state index is 0.167. The van der Waals surface area contributed by atoms with Crippen LogP contribution in [0.2, 0.25) is 0 Å². The second-order valence-corrected chi connectivity index (χ2v) is 6.99. The summed E-state index contributed by atoms with van der Waals surface area (Å²) in [6, 6.07) is -0.185. The smallest absolute Gasteiger partial charge is 0.317 e. The van der Waals surface area contributed by atoms with Gasteiger partial charge in [0, 0.05) is 25.6 Å². The summed E-state index contributed by atoms with van der Waals surface area (Å²) in [6.07, 6.45) is 5.92. The number of nitrogens with one attached hydrogen (secondary N) is 1. The van der Waals surface area contributed by atoms with Crippen molar-refractivity contribution in [1.29, 1.82) is 0 Å². The van der Waals surface area contributed by atoms with Gasteiger partial charge in [-0.2, -0.15) is 0 Å². The number of hydrogen-bond acceptors (Lipinski definition) is 3. The second kappa shape index (κ2) is 5.16. The molecule has 2 aliphatic carbocycles. The van der Waals surface area contributed by atoms with E-state index in [2.05, 4.69) is 5.32 Å². The number of carboxylic acids is 1. The molecule has 0 radical (unpaired) electrons. The van der Waals surface area contributed by atoms with Crippen LogP contribution in [-0.2, 0) is 4.79 Å². The number of fused-ring (bicyclic) bond motifs is 1. The average Bonchev–Trinajstić information content (AvgIpc) is 3.25. The molecule has 3 fully saturated rings. The zero-order chi connectivity index (χ0) is 15.1. The normalized spacial score (nSPS) is 34.0. The Labute approximate surface area is 124 Å². The van der Waals surface area contributed by atoms with Gasteiger partial charge in [0.1, 0.15) is 0 Å². The summed E-state index contributed by atoms with van der Waals surface area (Å²) in [7, 11) is 0. The lowest BCUT2D eigenvalue weighted by atomic mass is 9.71. The van der Waals surface area contributed by atoms with Gasteiger partial charge >= 0.3 is 12.0 Å². The minimum atomic E-state index is -0.817. The first-order chi connectivity index (χ1) is 9.95. The first kappa shape index (κ1) is 14.6. The monoisotopic (exact) mass is 296 g/mol. The molecule has 0 bridgehead atoms. The lowest BCUT2D eigenvalue weighted by Crippen LogP contribution is -2.56. The van der Waals surface area contributed by atoms with Crippen LogP contribution in [-0.4, -0.2) is 52.3 Å². The molecule has 2 atom stereocenters. The maximum absolute atomic E-state index is 12.2. The third-order valence-corrected chi connectivity index (χ3v) is 5.60. The molecule has 3 aliphatic rings. The standard InChI is InChI=1S/C15H24N2O4/c18-12(19)14(5-6-14)10-16-13(20)17-8-7-15(21)4-2-1-3-11(15)9-17/h11,21H,1-10H2,(H,16,20)(H,18,19). The summed E-state index contributed by atoms with van der Waals surface area (Å²) in [5.41, 5.74) is -1.31. The number of carbonyl (C=O) groups is 2. The van der Waals surface area contributed by atoms with E-state index in [1.165, 1.54) is 0 Å². The van der Waals surface area contributed by atoms with Gasteiger partial charge in [0.2, 0.25) is 0 Å². The molecule has 3 rings (SSSR count). The number of nitrogens with zero attached hydrogens (tertiary/aromatic N) is 1. The van der Waals surface area contributed by atoms with Crippen LogP contribution in [0.4, 0.5) is 4.79 Å². The summed E-state index contributed by atoms with van der Waals surface area (Å²) in [6.45, 7) is 1.36. The molecule has 2 amide bonds. The van der Waals surface area contributed by atoms with E-state index in [-0.39, 0.29) is 18.5 Å². The molecule has 3 N–H and O–H groups in total. The topological polar surface area (TPSA) is 89.9 Å². The van der Waals surface area contributed by atoms with Crippen LogP contribution in [0.3, 0.4) is 0 Å². The van der Waals surface area contributed by atoms with Crippen LogP contribution in [0.1, 0.15) is 44.9 Å². The van der Waals surface area contributed by atoms with Gasteiger partial charge in [0.15, 0.2) is 0 Å². The van der Waals surface area contributed by atoms with Gasteiger partial charge in [-0.15, -0.1) is 0 Å². The van der Waals surface area contributed by atoms with Gasteiger partial charge in [-0.1, -0.05) is 12.8 Å². The second-order valence-electron chi connectivity index (χ2n) is 6.99. The van der Waals surface area contributed by atoms with E-state index in [0.717, 1.165) is 25.7 Å². The van der Waals surface area contributed by atoms with E-state index in [0.29, 0.717) is 32.4 Å². The fourth-order valence-electron chi connectivity index (χ4n) is 3.73. The number of urea groups is 1. The van der Waals surface area contributed by atoms with Crippen molar-refractivity contribution in [1.82, 2.24) is 10.2 Å². The highest BCUT2D eigenvalue weighted by Crippen LogP contribution is 2.45. The molecule has 21 heavy (non-hydrogen) atoms. The minimum Gasteiger partial charge on any atom is -0.481 e. The molecule has 118 valence electrons. The van der Waals surface area contributed by atoms with Gasteiger partial charge in [0.25, 0.3) is 0 Å². The first-order valence-electron chi connectivity index (χ1n) is 7.94. The van der Waals surface area contributed by atoms with Crippen molar-refractivity contribution in [3.05, 3.63) is 0 Å². The lowest BCUT2D eigenvalue weighted by molar-refractivity contribution is -0.143. The van der Waals surface area contributed by atoms with E-state index in [4.69, 9.17) is 5.11 Å². The van der Waals surface area contributed by atoms with Crippen LogP contribution >= 0.6 is 0 Å². The fourth-order valence-corrected chi connectivity index (χ4v) is 3.73. The highest BCUT2D eigenvalue weighted by atomic mass is 16.4. The third-order valence-electron chi connectivity index (χ3n) is 5.60. The highest BCUT2D eigenvalue weighted by molar-refractivity contribution is 5.80. The molecule has 6 heteroatoms. The summed E-state index contributed by atoms with van der Waals surface area (Å²) in [5.74, 6) is -0.650. The number of likely N-dealkylation sites (tertiary alicyclic amines) is 1. The van der Waals surface area contributed by atoms with Crippen molar-refractivity contribution in [2.45, 2.75) is 50.5 Å². The molecule has 1 heterocycles. The number of carbonyl (C=O) groups excluding carboxylic acids is 1. The number of piperidine rings is 1. The molecule has 6 nitrogen and oxygen atoms in total. The molecular weight excluding hydrogens is 272 g/mol. The quantitative estimate of drug-likeness (QED) is 0.729. The van der Waals surface area contributed by atoms with E-state index in [1.54, 1.807) is 4.90 Å². The molecule has 2 saturated carbocycles.